The van der Waals surface area contributed by atoms with Gasteiger partial charge in [0.25, 0.3) is 0 Å². The third-order valence-corrected chi connectivity index (χ3v) is 1.92. The molecule has 1 heterocycles. The standard InChI is InChI=1S/C10H16N2.C2H6/c1-4-11-10-8-6-7-9(3)12(10)5-2;1-2/h6-8H,4-5H2,1-3H3;1-2H3. The van der Waals surface area contributed by atoms with Crippen molar-refractivity contribution >= 4 is 0 Å². The van der Waals surface area contributed by atoms with Crippen molar-refractivity contribution in [3.8, 4) is 0 Å². The first-order valence-corrected chi connectivity index (χ1v) is 5.46. The lowest BCUT2D eigenvalue weighted by Gasteiger charge is -2.07. The van der Waals surface area contributed by atoms with Crippen LogP contribution in [0.2, 0.25) is 0 Å². The molecule has 0 saturated heterocycles. The van der Waals surface area contributed by atoms with Gasteiger partial charge < -0.3 is 4.57 Å². The maximum absolute atomic E-state index is 4.40. The first-order valence-electron chi connectivity index (χ1n) is 5.46. The maximum atomic E-state index is 4.40. The molecule has 1 aromatic rings. The van der Waals surface area contributed by atoms with Crippen LogP contribution in [-0.4, -0.2) is 11.1 Å². The molecule has 0 atom stereocenters. The number of rotatable bonds is 2. The summed E-state index contributed by atoms with van der Waals surface area (Å²) in [6, 6.07) is 6.22. The molecule has 0 amide bonds. The summed E-state index contributed by atoms with van der Waals surface area (Å²) in [5.41, 5.74) is 2.35. The van der Waals surface area contributed by atoms with Crippen LogP contribution in [0.3, 0.4) is 0 Å². The van der Waals surface area contributed by atoms with Crippen LogP contribution in [0, 0.1) is 6.92 Å². The van der Waals surface area contributed by atoms with E-state index in [9.17, 15) is 0 Å². The van der Waals surface area contributed by atoms with Gasteiger partial charge in [0.2, 0.25) is 0 Å². The van der Waals surface area contributed by atoms with Crippen molar-refractivity contribution in [1.82, 2.24) is 4.57 Å². The largest absolute Gasteiger partial charge is 0.331 e. The minimum Gasteiger partial charge on any atom is -0.331 e. The molecule has 0 fully saturated rings. The molecule has 0 N–H and O–H groups in total. The zero-order valence-corrected chi connectivity index (χ0v) is 10.0. The van der Waals surface area contributed by atoms with E-state index in [1.165, 1.54) is 5.69 Å². The van der Waals surface area contributed by atoms with Crippen molar-refractivity contribution in [2.75, 3.05) is 6.54 Å². The number of aromatic nitrogens is 1. The van der Waals surface area contributed by atoms with E-state index < -0.39 is 0 Å². The Morgan fingerprint density at radius 3 is 2.36 bits per heavy atom. The van der Waals surface area contributed by atoms with Crippen LogP contribution in [0.1, 0.15) is 33.4 Å². The second-order valence-corrected chi connectivity index (χ2v) is 2.74. The topological polar surface area (TPSA) is 17.3 Å². The molecule has 0 radical (unpaired) electrons. The van der Waals surface area contributed by atoms with Crippen LogP contribution in [0.25, 0.3) is 0 Å². The Labute approximate surface area is 87.3 Å². The molecule has 0 unspecified atom stereocenters. The first kappa shape index (κ1) is 12.9. The average molecular weight is 194 g/mol. The smallest absolute Gasteiger partial charge is 0.127 e. The number of aryl methyl sites for hydroxylation is 1. The van der Waals surface area contributed by atoms with Crippen LogP contribution in [0.15, 0.2) is 23.2 Å². The highest BCUT2D eigenvalue weighted by molar-refractivity contribution is 5.03. The summed E-state index contributed by atoms with van der Waals surface area (Å²) in [6.45, 7) is 12.1. The van der Waals surface area contributed by atoms with Gasteiger partial charge in [0.1, 0.15) is 5.49 Å². The molecule has 0 bridgehead atoms. The number of pyridine rings is 1. The van der Waals surface area contributed by atoms with Crippen molar-refractivity contribution in [3.05, 3.63) is 29.4 Å². The van der Waals surface area contributed by atoms with Crippen LogP contribution in [-0.2, 0) is 6.54 Å². The first-order chi connectivity index (χ1) is 6.79. The fourth-order valence-corrected chi connectivity index (χ4v) is 1.35. The van der Waals surface area contributed by atoms with E-state index in [2.05, 4.69) is 48.5 Å². The van der Waals surface area contributed by atoms with E-state index in [0.29, 0.717) is 0 Å². The average Bonchev–Trinajstić information content (AvgIpc) is 2.22. The Morgan fingerprint density at radius 2 is 1.86 bits per heavy atom. The van der Waals surface area contributed by atoms with Gasteiger partial charge in [0.15, 0.2) is 0 Å². The lowest BCUT2D eigenvalue weighted by atomic mass is 10.3. The Balaban J connectivity index is 0.000000791. The molecular weight excluding hydrogens is 172 g/mol. The second kappa shape index (κ2) is 7.36. The van der Waals surface area contributed by atoms with Gasteiger partial charge in [-0.05, 0) is 32.9 Å². The Hall–Kier alpha value is -1.05. The molecule has 0 saturated carbocycles. The van der Waals surface area contributed by atoms with E-state index in [4.69, 9.17) is 0 Å². The zero-order chi connectivity index (χ0) is 11.0. The summed E-state index contributed by atoms with van der Waals surface area (Å²) in [5, 5.41) is 0. The van der Waals surface area contributed by atoms with Crippen molar-refractivity contribution in [2.24, 2.45) is 4.99 Å². The normalized spacial score (nSPS) is 10.8. The van der Waals surface area contributed by atoms with Gasteiger partial charge in [-0.3, -0.25) is 4.99 Å². The number of hydrogen-bond donors (Lipinski definition) is 0. The molecule has 0 spiro atoms. The van der Waals surface area contributed by atoms with Gasteiger partial charge in [-0.15, -0.1) is 0 Å². The quantitative estimate of drug-likeness (QED) is 0.689. The molecule has 80 valence electrons. The molecule has 0 aliphatic carbocycles. The predicted octanol–water partition coefficient (Wildman–Crippen LogP) is 2.76. The third kappa shape index (κ3) is 3.36. The minimum atomic E-state index is 0.851. The summed E-state index contributed by atoms with van der Waals surface area (Å²) < 4.78 is 2.21. The van der Waals surface area contributed by atoms with Gasteiger partial charge in [-0.1, -0.05) is 19.9 Å². The number of nitrogens with zero attached hydrogens (tertiary/aromatic N) is 2. The van der Waals surface area contributed by atoms with E-state index in [1.54, 1.807) is 0 Å². The number of hydrogen-bond acceptors (Lipinski definition) is 1. The molecule has 1 aromatic heterocycles. The Kier molecular flexibility index (Phi) is 6.81. The van der Waals surface area contributed by atoms with Crippen molar-refractivity contribution < 1.29 is 0 Å². The molecule has 1 rings (SSSR count). The summed E-state index contributed by atoms with van der Waals surface area (Å²) >= 11 is 0. The lowest BCUT2D eigenvalue weighted by Crippen LogP contribution is -2.21. The maximum Gasteiger partial charge on any atom is 0.127 e. The third-order valence-electron chi connectivity index (χ3n) is 1.92. The van der Waals surface area contributed by atoms with E-state index in [-0.39, 0.29) is 0 Å². The van der Waals surface area contributed by atoms with E-state index in [1.807, 2.05) is 13.8 Å². The van der Waals surface area contributed by atoms with E-state index in [0.717, 1.165) is 18.6 Å². The molecule has 0 aliphatic rings. The summed E-state index contributed by atoms with van der Waals surface area (Å²) in [5.74, 6) is 0. The summed E-state index contributed by atoms with van der Waals surface area (Å²) in [7, 11) is 0. The van der Waals surface area contributed by atoms with Crippen molar-refractivity contribution in [3.63, 3.8) is 0 Å². The summed E-state index contributed by atoms with van der Waals surface area (Å²) in [4.78, 5) is 4.40. The fourth-order valence-electron chi connectivity index (χ4n) is 1.35. The van der Waals surface area contributed by atoms with Gasteiger partial charge in [-0.25, -0.2) is 0 Å². The van der Waals surface area contributed by atoms with Crippen molar-refractivity contribution in [1.29, 1.82) is 0 Å². The van der Waals surface area contributed by atoms with Crippen LogP contribution >= 0.6 is 0 Å². The SMILES string of the molecule is CC.CCN=c1cccc(C)n1CC. The van der Waals surface area contributed by atoms with Gasteiger partial charge in [-0.2, -0.15) is 0 Å². The molecule has 0 aromatic carbocycles. The van der Waals surface area contributed by atoms with Crippen LogP contribution in [0.4, 0.5) is 0 Å². The molecule has 2 nitrogen and oxygen atoms in total. The Bertz CT molecular complexity index is 310. The molecule has 0 aliphatic heterocycles. The van der Waals surface area contributed by atoms with Crippen LogP contribution in [0.5, 0.6) is 0 Å². The van der Waals surface area contributed by atoms with Gasteiger partial charge in [0.05, 0.1) is 0 Å². The van der Waals surface area contributed by atoms with Gasteiger partial charge in [0, 0.05) is 18.8 Å². The lowest BCUT2D eigenvalue weighted by molar-refractivity contribution is 0.679. The predicted molar refractivity (Wildman–Crippen MR) is 62.3 cm³/mol. The van der Waals surface area contributed by atoms with Gasteiger partial charge >= 0.3 is 0 Å². The monoisotopic (exact) mass is 194 g/mol. The molecule has 2 heteroatoms. The second-order valence-electron chi connectivity index (χ2n) is 2.74. The Morgan fingerprint density at radius 1 is 1.21 bits per heavy atom. The highest BCUT2D eigenvalue weighted by Gasteiger charge is 1.92. The molecular formula is C12H22N2. The zero-order valence-electron chi connectivity index (χ0n) is 10.0. The summed E-state index contributed by atoms with van der Waals surface area (Å²) in [6.07, 6.45) is 0. The van der Waals surface area contributed by atoms with Crippen LogP contribution < -0.4 is 5.49 Å². The minimum absolute atomic E-state index is 0.851. The van der Waals surface area contributed by atoms with E-state index >= 15 is 0 Å². The highest BCUT2D eigenvalue weighted by Crippen LogP contribution is 1.92. The molecule has 14 heavy (non-hydrogen) atoms. The highest BCUT2D eigenvalue weighted by atomic mass is 15.0. The van der Waals surface area contributed by atoms with Crippen molar-refractivity contribution in [2.45, 2.75) is 41.2 Å². The fraction of sp³-hybridized carbons (Fsp3) is 0.583.